The number of methoxy groups -OCH3 is 1. The molecule has 0 spiro atoms. The van der Waals surface area contributed by atoms with E-state index in [1.54, 1.807) is 12.1 Å². The second kappa shape index (κ2) is 7.86. The first-order valence-corrected chi connectivity index (χ1v) is 5.55. The number of nitrogens with zero attached hydrogens (tertiary/aromatic N) is 7. The van der Waals surface area contributed by atoms with Crippen LogP contribution in [0.4, 0.5) is 0 Å². The van der Waals surface area contributed by atoms with Gasteiger partial charge in [0.2, 0.25) is 0 Å². The van der Waals surface area contributed by atoms with Crippen molar-refractivity contribution < 1.29 is 9.53 Å². The number of esters is 1. The Morgan fingerprint density at radius 1 is 1.38 bits per heavy atom. The normalized spacial score (nSPS) is 11.3. The molecule has 0 aromatic heterocycles. The van der Waals surface area contributed by atoms with Gasteiger partial charge in [0.1, 0.15) is 5.70 Å². The number of carbonyl (C=O) groups is 1. The molecule has 0 saturated heterocycles. The first kappa shape index (κ1) is 15.6. The van der Waals surface area contributed by atoms with Crippen molar-refractivity contribution in [1.82, 2.24) is 0 Å². The number of ether oxygens (including phenoxy) is 1. The molecule has 9 heteroatoms. The van der Waals surface area contributed by atoms with Crippen LogP contribution in [-0.2, 0) is 9.53 Å². The van der Waals surface area contributed by atoms with E-state index in [9.17, 15) is 4.79 Å². The molecule has 104 valence electrons. The van der Waals surface area contributed by atoms with Crippen LogP contribution in [0, 0.1) is 11.3 Å². The zero-order valence-electron chi connectivity index (χ0n) is 10.9. The average Bonchev–Trinajstić information content (AvgIpc) is 2.53. The van der Waals surface area contributed by atoms with E-state index >= 15 is 0 Å². The molecule has 0 aliphatic carbocycles. The van der Waals surface area contributed by atoms with Gasteiger partial charge in [-0.15, -0.1) is 0 Å². The Balaban J connectivity index is 3.27. The van der Waals surface area contributed by atoms with Gasteiger partial charge < -0.3 is 4.74 Å². The Labute approximate surface area is 119 Å². The Morgan fingerprint density at radius 3 is 2.52 bits per heavy atom. The standard InChI is InChI=1S/C12H9N7O2/c1-21-12(20)11(17-19-15)6-10(16-18-14)9-4-2-8(7-13)3-5-9/h2-6,10H,1H3/b11-6-. The van der Waals surface area contributed by atoms with Crippen molar-refractivity contribution in [3.8, 4) is 6.07 Å². The number of carbonyl (C=O) groups excluding carboxylic acids is 1. The first-order chi connectivity index (χ1) is 10.2. The van der Waals surface area contributed by atoms with E-state index in [-0.39, 0.29) is 5.70 Å². The van der Waals surface area contributed by atoms with Crippen LogP contribution in [0.2, 0.25) is 0 Å². The molecule has 0 radical (unpaired) electrons. The van der Waals surface area contributed by atoms with E-state index in [0.29, 0.717) is 11.1 Å². The minimum absolute atomic E-state index is 0.318. The summed E-state index contributed by atoms with van der Waals surface area (Å²) in [5.41, 5.74) is 17.7. The number of hydrogen-bond donors (Lipinski definition) is 0. The lowest BCUT2D eigenvalue weighted by atomic mass is 10.0. The van der Waals surface area contributed by atoms with Crippen molar-refractivity contribution in [2.45, 2.75) is 6.04 Å². The number of azide groups is 2. The lowest BCUT2D eigenvalue weighted by Gasteiger charge is -2.08. The van der Waals surface area contributed by atoms with Gasteiger partial charge in [0.25, 0.3) is 0 Å². The topological polar surface area (TPSA) is 148 Å². The minimum atomic E-state index is -0.873. The van der Waals surface area contributed by atoms with Crippen molar-refractivity contribution in [3.05, 3.63) is 68.1 Å². The van der Waals surface area contributed by atoms with Crippen molar-refractivity contribution >= 4 is 5.97 Å². The smallest absolute Gasteiger partial charge is 0.339 e. The lowest BCUT2D eigenvalue weighted by Crippen LogP contribution is -2.04. The molecular weight excluding hydrogens is 274 g/mol. The van der Waals surface area contributed by atoms with Crippen molar-refractivity contribution in [3.63, 3.8) is 0 Å². The summed E-state index contributed by atoms with van der Waals surface area (Å²) in [6.07, 6.45) is 1.19. The quantitative estimate of drug-likeness (QED) is 0.268. The largest absolute Gasteiger partial charge is 0.466 e. The van der Waals surface area contributed by atoms with Crippen molar-refractivity contribution in [2.75, 3.05) is 7.11 Å². The fraction of sp³-hybridized carbons (Fsp3) is 0.167. The molecule has 1 unspecified atom stereocenters. The zero-order chi connectivity index (χ0) is 15.7. The third-order valence-electron chi connectivity index (χ3n) is 2.42. The fourth-order valence-corrected chi connectivity index (χ4v) is 1.45. The highest BCUT2D eigenvalue weighted by Gasteiger charge is 2.13. The fourth-order valence-electron chi connectivity index (χ4n) is 1.45. The van der Waals surface area contributed by atoms with Crippen molar-refractivity contribution in [1.29, 1.82) is 5.26 Å². The Bertz CT molecular complexity index is 689. The third kappa shape index (κ3) is 4.29. The van der Waals surface area contributed by atoms with Gasteiger partial charge in [-0.1, -0.05) is 28.4 Å². The van der Waals surface area contributed by atoms with Crippen LogP contribution in [0.3, 0.4) is 0 Å². The predicted molar refractivity (Wildman–Crippen MR) is 72.3 cm³/mol. The minimum Gasteiger partial charge on any atom is -0.466 e. The first-order valence-electron chi connectivity index (χ1n) is 5.55. The maximum Gasteiger partial charge on any atom is 0.339 e. The third-order valence-corrected chi connectivity index (χ3v) is 2.42. The summed E-state index contributed by atoms with van der Waals surface area (Å²) >= 11 is 0. The molecule has 9 nitrogen and oxygen atoms in total. The molecular formula is C12H9N7O2. The molecule has 0 bridgehead atoms. The number of benzene rings is 1. The summed E-state index contributed by atoms with van der Waals surface area (Å²) in [7, 11) is 1.13. The van der Waals surface area contributed by atoms with Gasteiger partial charge in [-0.3, -0.25) is 0 Å². The SMILES string of the molecule is COC(=O)/C(=C/C(N=[N+]=[N-])c1ccc(C#N)cc1)N=[N+]=[N-]. The van der Waals surface area contributed by atoms with E-state index in [1.807, 2.05) is 6.07 Å². The van der Waals surface area contributed by atoms with Crippen LogP contribution < -0.4 is 0 Å². The maximum absolute atomic E-state index is 11.4. The Hall–Kier alpha value is -3.46. The molecule has 0 saturated carbocycles. The summed E-state index contributed by atoms with van der Waals surface area (Å²) in [6, 6.07) is 7.29. The van der Waals surface area contributed by atoms with Crippen LogP contribution in [0.1, 0.15) is 17.2 Å². The van der Waals surface area contributed by atoms with Crippen LogP contribution in [0.15, 0.2) is 46.3 Å². The summed E-state index contributed by atoms with van der Waals surface area (Å²) in [4.78, 5) is 16.6. The molecule has 1 aromatic rings. The molecule has 0 amide bonds. The molecule has 1 atom stereocenters. The van der Waals surface area contributed by atoms with Crippen molar-refractivity contribution in [2.24, 2.45) is 10.2 Å². The van der Waals surface area contributed by atoms with Crippen LogP contribution in [0.25, 0.3) is 20.9 Å². The monoisotopic (exact) mass is 283 g/mol. The number of nitriles is 1. The summed E-state index contributed by atoms with van der Waals surface area (Å²) < 4.78 is 4.47. The van der Waals surface area contributed by atoms with Gasteiger partial charge in [-0.25, -0.2) is 4.79 Å². The number of rotatable bonds is 5. The zero-order valence-corrected chi connectivity index (χ0v) is 10.9. The molecule has 0 fully saturated rings. The van der Waals surface area contributed by atoms with E-state index in [0.717, 1.165) is 7.11 Å². The Morgan fingerprint density at radius 2 is 2.05 bits per heavy atom. The average molecular weight is 283 g/mol. The molecule has 1 aromatic carbocycles. The maximum atomic E-state index is 11.4. The van der Waals surface area contributed by atoms with Gasteiger partial charge in [-0.05, 0) is 28.8 Å². The van der Waals surface area contributed by atoms with Gasteiger partial charge in [0.15, 0.2) is 0 Å². The summed E-state index contributed by atoms with van der Waals surface area (Å²) in [5.74, 6) is -0.848. The van der Waals surface area contributed by atoms with E-state index < -0.39 is 12.0 Å². The molecule has 0 heterocycles. The predicted octanol–water partition coefficient (Wildman–Crippen LogP) is 3.28. The van der Waals surface area contributed by atoms with Crippen LogP contribution in [0.5, 0.6) is 0 Å². The second-order valence-corrected chi connectivity index (χ2v) is 3.62. The highest BCUT2D eigenvalue weighted by atomic mass is 16.5. The lowest BCUT2D eigenvalue weighted by molar-refractivity contribution is -0.136. The van der Waals surface area contributed by atoms with Gasteiger partial charge >= 0.3 is 5.97 Å². The molecule has 1 rings (SSSR count). The summed E-state index contributed by atoms with van der Waals surface area (Å²) in [5, 5.41) is 15.5. The van der Waals surface area contributed by atoms with E-state index in [1.165, 1.54) is 18.2 Å². The van der Waals surface area contributed by atoms with Crippen LogP contribution >= 0.6 is 0 Å². The highest BCUT2D eigenvalue weighted by molar-refractivity contribution is 5.88. The van der Waals surface area contributed by atoms with Gasteiger partial charge in [-0.2, -0.15) is 5.26 Å². The number of hydrogen-bond acceptors (Lipinski definition) is 5. The molecule has 0 aliphatic heterocycles. The van der Waals surface area contributed by atoms with Crippen LogP contribution in [-0.4, -0.2) is 13.1 Å². The van der Waals surface area contributed by atoms with E-state index in [2.05, 4.69) is 24.8 Å². The van der Waals surface area contributed by atoms with Gasteiger partial charge in [0, 0.05) is 9.82 Å². The summed E-state index contributed by atoms with van der Waals surface area (Å²) in [6.45, 7) is 0. The molecule has 0 aliphatic rings. The van der Waals surface area contributed by atoms with Gasteiger partial charge in [0.05, 0.1) is 24.8 Å². The second-order valence-electron chi connectivity index (χ2n) is 3.62. The van der Waals surface area contributed by atoms with E-state index in [4.69, 9.17) is 16.3 Å². The highest BCUT2D eigenvalue weighted by Crippen LogP contribution is 2.22. The molecule has 21 heavy (non-hydrogen) atoms. The molecule has 0 N–H and O–H groups in total. The Kier molecular flexibility index (Phi) is 5.84.